The van der Waals surface area contributed by atoms with E-state index in [9.17, 15) is 4.79 Å². The summed E-state index contributed by atoms with van der Waals surface area (Å²) in [6, 6.07) is 15.3. The summed E-state index contributed by atoms with van der Waals surface area (Å²) in [5.41, 5.74) is 4.61. The van der Waals surface area contributed by atoms with E-state index in [1.165, 1.54) is 24.8 Å². The van der Waals surface area contributed by atoms with Gasteiger partial charge in [-0.3, -0.25) is 4.79 Å². The van der Waals surface area contributed by atoms with Crippen molar-refractivity contribution in [3.8, 4) is 11.5 Å². The third-order valence-electron chi connectivity index (χ3n) is 3.88. The van der Waals surface area contributed by atoms with Gasteiger partial charge < -0.3 is 9.47 Å². The maximum atomic E-state index is 11.8. The highest BCUT2D eigenvalue weighted by Crippen LogP contribution is 2.14. The van der Waals surface area contributed by atoms with Crippen molar-refractivity contribution in [3.05, 3.63) is 59.7 Å². The third-order valence-corrected chi connectivity index (χ3v) is 3.88. The van der Waals surface area contributed by atoms with Gasteiger partial charge in [-0.15, -0.1) is 0 Å². The second-order valence-electron chi connectivity index (χ2n) is 5.96. The fourth-order valence-electron chi connectivity index (χ4n) is 2.38. The van der Waals surface area contributed by atoms with Gasteiger partial charge in [0.05, 0.1) is 13.3 Å². The smallest absolute Gasteiger partial charge is 0.277 e. The first-order valence-corrected chi connectivity index (χ1v) is 8.89. The van der Waals surface area contributed by atoms with Crippen molar-refractivity contribution in [3.63, 3.8) is 0 Å². The highest BCUT2D eigenvalue weighted by molar-refractivity contribution is 5.83. The normalized spacial score (nSPS) is 10.7. The second-order valence-corrected chi connectivity index (χ2v) is 5.96. The Morgan fingerprint density at radius 3 is 2.38 bits per heavy atom. The van der Waals surface area contributed by atoms with Crippen LogP contribution in [-0.2, 0) is 11.2 Å². The minimum absolute atomic E-state index is 0.0743. The lowest BCUT2D eigenvalue weighted by Gasteiger charge is -2.06. The van der Waals surface area contributed by atoms with E-state index in [0.29, 0.717) is 5.75 Å². The van der Waals surface area contributed by atoms with Gasteiger partial charge in [0.2, 0.25) is 0 Å². The van der Waals surface area contributed by atoms with Crippen LogP contribution >= 0.6 is 0 Å². The van der Waals surface area contributed by atoms with Crippen LogP contribution in [0.4, 0.5) is 0 Å². The molecule has 138 valence electrons. The molecule has 0 saturated heterocycles. The second kappa shape index (κ2) is 10.9. The molecule has 26 heavy (non-hydrogen) atoms. The molecule has 0 fully saturated rings. The maximum Gasteiger partial charge on any atom is 0.277 e. The molecule has 0 aliphatic carbocycles. The Kier molecular flexibility index (Phi) is 8.19. The Morgan fingerprint density at radius 2 is 1.73 bits per heavy atom. The standard InChI is InChI=1S/C21H26N2O3/c1-3-4-5-6-17-7-13-20(14-8-17)26-16-21(24)23-22-15-18-9-11-19(25-2)12-10-18/h7-15H,3-6,16H2,1-2H3,(H,23,24). The van der Waals surface area contributed by atoms with Gasteiger partial charge in [0.15, 0.2) is 6.61 Å². The third kappa shape index (κ3) is 6.97. The molecule has 0 saturated carbocycles. The van der Waals surface area contributed by atoms with Crippen LogP contribution in [0.3, 0.4) is 0 Å². The molecular formula is C21H26N2O3. The SMILES string of the molecule is CCCCCc1ccc(OCC(=O)NN=Cc2ccc(OC)cc2)cc1. The number of nitrogens with one attached hydrogen (secondary N) is 1. The fraction of sp³-hybridized carbons (Fsp3) is 0.333. The molecule has 0 atom stereocenters. The molecule has 1 amide bonds. The Morgan fingerprint density at radius 1 is 1.04 bits per heavy atom. The van der Waals surface area contributed by atoms with Crippen molar-refractivity contribution in [2.45, 2.75) is 32.6 Å². The summed E-state index contributed by atoms with van der Waals surface area (Å²) >= 11 is 0. The number of aryl methyl sites for hydroxylation is 1. The molecule has 1 N–H and O–H groups in total. The van der Waals surface area contributed by atoms with E-state index in [2.05, 4.69) is 17.5 Å². The summed E-state index contributed by atoms with van der Waals surface area (Å²) in [5.74, 6) is 1.15. The molecular weight excluding hydrogens is 328 g/mol. The number of benzene rings is 2. The van der Waals surface area contributed by atoms with Crippen molar-refractivity contribution in [1.82, 2.24) is 5.43 Å². The highest BCUT2D eigenvalue weighted by Gasteiger charge is 2.02. The molecule has 0 radical (unpaired) electrons. The van der Waals surface area contributed by atoms with Crippen LogP contribution in [0.15, 0.2) is 53.6 Å². The highest BCUT2D eigenvalue weighted by atomic mass is 16.5. The van der Waals surface area contributed by atoms with Crippen molar-refractivity contribution >= 4 is 12.1 Å². The first-order chi connectivity index (χ1) is 12.7. The van der Waals surface area contributed by atoms with Gasteiger partial charge in [-0.25, -0.2) is 5.43 Å². The number of carbonyl (C=O) groups excluding carboxylic acids is 1. The van der Waals surface area contributed by atoms with E-state index < -0.39 is 0 Å². The van der Waals surface area contributed by atoms with Crippen LogP contribution in [0.5, 0.6) is 11.5 Å². The van der Waals surface area contributed by atoms with Crippen molar-refractivity contribution < 1.29 is 14.3 Å². The first-order valence-electron chi connectivity index (χ1n) is 8.89. The molecule has 0 aliphatic heterocycles. The lowest BCUT2D eigenvalue weighted by atomic mass is 10.1. The average Bonchev–Trinajstić information content (AvgIpc) is 2.68. The van der Waals surface area contributed by atoms with Gasteiger partial charge in [-0.05, 0) is 60.4 Å². The number of amides is 1. The topological polar surface area (TPSA) is 59.9 Å². The molecule has 0 heterocycles. The van der Waals surface area contributed by atoms with E-state index >= 15 is 0 Å². The van der Waals surface area contributed by atoms with Gasteiger partial charge >= 0.3 is 0 Å². The molecule has 2 aromatic carbocycles. The van der Waals surface area contributed by atoms with Crippen LogP contribution < -0.4 is 14.9 Å². The Labute approximate surface area is 155 Å². The van der Waals surface area contributed by atoms with Gasteiger partial charge in [-0.2, -0.15) is 5.10 Å². The molecule has 0 spiro atoms. The number of rotatable bonds is 10. The molecule has 0 aliphatic rings. The number of unbranched alkanes of at least 4 members (excludes halogenated alkanes) is 2. The lowest BCUT2D eigenvalue weighted by molar-refractivity contribution is -0.123. The first kappa shape index (κ1) is 19.5. The largest absolute Gasteiger partial charge is 0.497 e. The van der Waals surface area contributed by atoms with Crippen LogP contribution in [0.2, 0.25) is 0 Å². The molecule has 2 rings (SSSR count). The van der Waals surface area contributed by atoms with E-state index in [-0.39, 0.29) is 12.5 Å². The van der Waals surface area contributed by atoms with Gasteiger partial charge in [0, 0.05) is 0 Å². The predicted octanol–water partition coefficient (Wildman–Crippen LogP) is 3.96. The summed E-state index contributed by atoms with van der Waals surface area (Å²) in [6.45, 7) is 2.12. The zero-order valence-electron chi connectivity index (χ0n) is 15.4. The molecule has 0 aromatic heterocycles. The lowest BCUT2D eigenvalue weighted by Crippen LogP contribution is -2.24. The predicted molar refractivity (Wildman–Crippen MR) is 104 cm³/mol. The fourth-order valence-corrected chi connectivity index (χ4v) is 2.38. The number of nitrogens with zero attached hydrogens (tertiary/aromatic N) is 1. The minimum Gasteiger partial charge on any atom is -0.497 e. The van der Waals surface area contributed by atoms with E-state index in [1.54, 1.807) is 13.3 Å². The average molecular weight is 354 g/mol. The molecule has 0 bridgehead atoms. The summed E-state index contributed by atoms with van der Waals surface area (Å²) in [5, 5.41) is 3.92. The number of hydrazone groups is 1. The number of hydrogen-bond donors (Lipinski definition) is 1. The number of ether oxygens (including phenoxy) is 2. The van der Waals surface area contributed by atoms with Crippen molar-refractivity contribution in [2.24, 2.45) is 5.10 Å². The summed E-state index contributed by atoms with van der Waals surface area (Å²) < 4.78 is 10.6. The van der Waals surface area contributed by atoms with Crippen LogP contribution in [0, 0.1) is 0 Å². The zero-order valence-corrected chi connectivity index (χ0v) is 15.4. The molecule has 5 heteroatoms. The summed E-state index contributed by atoms with van der Waals surface area (Å²) in [6.07, 6.45) is 6.31. The molecule has 0 unspecified atom stereocenters. The quantitative estimate of drug-likeness (QED) is 0.399. The summed E-state index contributed by atoms with van der Waals surface area (Å²) in [7, 11) is 1.61. The minimum atomic E-state index is -0.304. The Bertz CT molecular complexity index is 694. The van der Waals surface area contributed by atoms with Crippen LogP contribution in [0.1, 0.15) is 37.3 Å². The van der Waals surface area contributed by atoms with E-state index in [4.69, 9.17) is 9.47 Å². The number of hydrogen-bond acceptors (Lipinski definition) is 4. The van der Waals surface area contributed by atoms with Crippen molar-refractivity contribution in [2.75, 3.05) is 13.7 Å². The van der Waals surface area contributed by atoms with Gasteiger partial charge in [0.1, 0.15) is 11.5 Å². The van der Waals surface area contributed by atoms with Gasteiger partial charge in [0.25, 0.3) is 5.91 Å². The zero-order chi connectivity index (χ0) is 18.6. The van der Waals surface area contributed by atoms with E-state index in [1.807, 2.05) is 48.5 Å². The maximum absolute atomic E-state index is 11.8. The molecule has 2 aromatic rings. The van der Waals surface area contributed by atoms with Crippen LogP contribution in [0.25, 0.3) is 0 Å². The van der Waals surface area contributed by atoms with E-state index in [0.717, 1.165) is 17.7 Å². The monoisotopic (exact) mass is 354 g/mol. The number of carbonyl (C=O) groups is 1. The van der Waals surface area contributed by atoms with Crippen molar-refractivity contribution in [1.29, 1.82) is 0 Å². The van der Waals surface area contributed by atoms with Gasteiger partial charge in [-0.1, -0.05) is 31.9 Å². The number of methoxy groups -OCH3 is 1. The Balaban J connectivity index is 1.71. The molecule has 5 nitrogen and oxygen atoms in total. The Hall–Kier alpha value is -2.82. The summed E-state index contributed by atoms with van der Waals surface area (Å²) in [4.78, 5) is 11.8. The van der Waals surface area contributed by atoms with Crippen LogP contribution in [-0.4, -0.2) is 25.8 Å².